The Morgan fingerprint density at radius 1 is 1.23 bits per heavy atom. The van der Waals surface area contributed by atoms with Crippen molar-refractivity contribution in [1.29, 1.82) is 0 Å². The standard InChI is InChI=1S/C25H31N5O4S/c1-4-35-24-27-23-26-18-13-25(2,3)14-19(31)21(18)22(30(23)28-24)16-5-7-17(8-6-16)34-15-20(32)29-9-11-33-12-10-29/h5-8,22H,4,9-15H2,1-3H3,(H,26,27,28). The van der Waals surface area contributed by atoms with Crippen molar-refractivity contribution in [2.24, 2.45) is 5.41 Å². The van der Waals surface area contributed by atoms with Gasteiger partial charge in [-0.3, -0.25) is 9.59 Å². The number of Topliss-reactive ketones (excluding diaryl/α,β-unsaturated/α-hetero) is 1. The van der Waals surface area contributed by atoms with E-state index in [4.69, 9.17) is 14.6 Å². The van der Waals surface area contributed by atoms with Gasteiger partial charge >= 0.3 is 0 Å². The zero-order chi connectivity index (χ0) is 24.6. The third kappa shape index (κ3) is 4.95. The van der Waals surface area contributed by atoms with Crippen LogP contribution in [0.15, 0.2) is 40.7 Å². The Bertz CT molecular complexity index is 1150. The van der Waals surface area contributed by atoms with E-state index in [-0.39, 0.29) is 29.8 Å². The van der Waals surface area contributed by atoms with Crippen LogP contribution in [-0.2, 0) is 14.3 Å². The van der Waals surface area contributed by atoms with Crippen LogP contribution in [-0.4, -0.2) is 70.0 Å². The number of nitrogens with zero attached hydrogens (tertiary/aromatic N) is 4. The highest BCUT2D eigenvalue weighted by Gasteiger charge is 2.41. The maximum absolute atomic E-state index is 13.3. The largest absolute Gasteiger partial charge is 0.484 e. The van der Waals surface area contributed by atoms with E-state index in [1.54, 1.807) is 16.7 Å². The highest BCUT2D eigenvalue weighted by Crippen LogP contribution is 2.45. The van der Waals surface area contributed by atoms with Gasteiger partial charge in [0, 0.05) is 30.8 Å². The first-order chi connectivity index (χ1) is 16.8. The summed E-state index contributed by atoms with van der Waals surface area (Å²) >= 11 is 1.57. The van der Waals surface area contributed by atoms with Crippen LogP contribution in [0.5, 0.6) is 5.75 Å². The number of aromatic nitrogens is 3. The first kappa shape index (κ1) is 23.9. The molecule has 2 aromatic rings. The summed E-state index contributed by atoms with van der Waals surface area (Å²) in [5.41, 5.74) is 2.51. The summed E-state index contributed by atoms with van der Waals surface area (Å²) in [5.74, 6) is 2.22. The highest BCUT2D eigenvalue weighted by molar-refractivity contribution is 7.99. The van der Waals surface area contributed by atoms with Crippen molar-refractivity contribution >= 4 is 29.4 Å². The number of allylic oxidation sites excluding steroid dienone is 2. The first-order valence-corrected chi connectivity index (χ1v) is 13.0. The van der Waals surface area contributed by atoms with E-state index in [0.29, 0.717) is 49.6 Å². The number of nitrogens with one attached hydrogen (secondary N) is 1. The molecule has 1 unspecified atom stereocenters. The zero-order valence-electron chi connectivity index (χ0n) is 20.4. The van der Waals surface area contributed by atoms with E-state index in [1.807, 2.05) is 28.9 Å². The van der Waals surface area contributed by atoms with Crippen LogP contribution >= 0.6 is 11.8 Å². The fraction of sp³-hybridized carbons (Fsp3) is 0.520. The number of amides is 1. The Morgan fingerprint density at radius 2 is 1.97 bits per heavy atom. The fourth-order valence-corrected chi connectivity index (χ4v) is 5.44. The average molecular weight is 498 g/mol. The molecule has 1 aromatic heterocycles. The molecular weight excluding hydrogens is 466 g/mol. The lowest BCUT2D eigenvalue weighted by molar-refractivity contribution is -0.137. The summed E-state index contributed by atoms with van der Waals surface area (Å²) in [6, 6.07) is 7.23. The number of ether oxygens (including phenoxy) is 2. The highest BCUT2D eigenvalue weighted by atomic mass is 32.2. The van der Waals surface area contributed by atoms with Crippen LogP contribution in [0.2, 0.25) is 0 Å². The summed E-state index contributed by atoms with van der Waals surface area (Å²) < 4.78 is 12.9. The molecule has 1 atom stereocenters. The van der Waals surface area contributed by atoms with Gasteiger partial charge < -0.3 is 19.7 Å². The number of hydrogen-bond donors (Lipinski definition) is 1. The smallest absolute Gasteiger partial charge is 0.260 e. The van der Waals surface area contributed by atoms with Gasteiger partial charge in [-0.1, -0.05) is 44.7 Å². The number of carbonyl (C=O) groups excluding carboxylic acids is 2. The SMILES string of the molecule is CCSc1nc2n(n1)C(c1ccc(OCC(=O)N3CCOCC3)cc1)C1=C(CC(C)(C)CC1=O)N2. The second-order valence-corrected chi connectivity index (χ2v) is 11.0. The predicted molar refractivity (Wildman–Crippen MR) is 133 cm³/mol. The minimum Gasteiger partial charge on any atom is -0.484 e. The van der Waals surface area contributed by atoms with Gasteiger partial charge in [0.05, 0.1) is 13.2 Å². The molecule has 0 radical (unpaired) electrons. The maximum atomic E-state index is 13.3. The van der Waals surface area contributed by atoms with E-state index in [1.165, 1.54) is 0 Å². The normalized spacial score (nSPS) is 21.3. The van der Waals surface area contributed by atoms with Crippen LogP contribution in [0.4, 0.5) is 5.95 Å². The Morgan fingerprint density at radius 3 is 2.69 bits per heavy atom. The monoisotopic (exact) mass is 497 g/mol. The van der Waals surface area contributed by atoms with Crippen molar-refractivity contribution in [2.75, 3.05) is 44.0 Å². The minimum atomic E-state index is -0.354. The average Bonchev–Trinajstić information content (AvgIpc) is 3.23. The molecule has 9 nitrogen and oxygen atoms in total. The van der Waals surface area contributed by atoms with Crippen molar-refractivity contribution in [2.45, 2.75) is 44.8 Å². The van der Waals surface area contributed by atoms with Crippen molar-refractivity contribution in [1.82, 2.24) is 19.7 Å². The molecule has 1 fully saturated rings. The molecule has 35 heavy (non-hydrogen) atoms. The van der Waals surface area contributed by atoms with Crippen LogP contribution in [0, 0.1) is 5.41 Å². The molecule has 0 bridgehead atoms. The molecule has 1 saturated heterocycles. The van der Waals surface area contributed by atoms with Crippen molar-refractivity contribution in [3.63, 3.8) is 0 Å². The maximum Gasteiger partial charge on any atom is 0.260 e. The van der Waals surface area contributed by atoms with Crippen LogP contribution in [0.25, 0.3) is 0 Å². The number of carbonyl (C=O) groups is 2. The van der Waals surface area contributed by atoms with Gasteiger partial charge in [0.25, 0.3) is 5.91 Å². The van der Waals surface area contributed by atoms with Crippen molar-refractivity contribution in [3.8, 4) is 5.75 Å². The second kappa shape index (κ2) is 9.66. The quantitative estimate of drug-likeness (QED) is 0.607. The van der Waals surface area contributed by atoms with Gasteiger partial charge in [-0.05, 0) is 35.3 Å². The molecule has 2 aliphatic heterocycles. The Balaban J connectivity index is 1.40. The van der Waals surface area contributed by atoms with Crippen molar-refractivity contribution < 1.29 is 19.1 Å². The van der Waals surface area contributed by atoms with Gasteiger partial charge in [-0.15, -0.1) is 5.10 Å². The number of fused-ring (bicyclic) bond motifs is 1. The lowest BCUT2D eigenvalue weighted by atomic mass is 9.73. The van der Waals surface area contributed by atoms with Gasteiger partial charge in [0.2, 0.25) is 11.1 Å². The van der Waals surface area contributed by atoms with E-state index in [2.05, 4.69) is 31.1 Å². The number of morpholine rings is 1. The van der Waals surface area contributed by atoms with E-state index in [9.17, 15) is 9.59 Å². The molecule has 1 aliphatic carbocycles. The lowest BCUT2D eigenvalue weighted by Gasteiger charge is -2.38. The summed E-state index contributed by atoms with van der Waals surface area (Å²) in [5, 5.41) is 8.81. The molecule has 1 N–H and O–H groups in total. The fourth-order valence-electron chi connectivity index (χ4n) is 4.88. The molecule has 0 saturated carbocycles. The van der Waals surface area contributed by atoms with Gasteiger partial charge in [0.1, 0.15) is 11.8 Å². The molecule has 186 valence electrons. The Kier molecular flexibility index (Phi) is 6.59. The van der Waals surface area contributed by atoms with E-state index in [0.717, 1.165) is 29.0 Å². The number of thioether (sulfide) groups is 1. The summed E-state index contributed by atoms with van der Waals surface area (Å²) in [7, 11) is 0. The number of hydrogen-bond acceptors (Lipinski definition) is 8. The second-order valence-electron chi connectivity index (χ2n) is 9.81. The molecule has 10 heteroatoms. The molecule has 1 aromatic carbocycles. The topological polar surface area (TPSA) is 98.6 Å². The zero-order valence-corrected chi connectivity index (χ0v) is 21.2. The molecular formula is C25H31N5O4S. The number of rotatable bonds is 6. The number of ketones is 1. The van der Waals surface area contributed by atoms with Crippen LogP contribution in [0.1, 0.15) is 45.2 Å². The van der Waals surface area contributed by atoms with Gasteiger partial charge in [0.15, 0.2) is 12.4 Å². The molecule has 5 rings (SSSR count). The van der Waals surface area contributed by atoms with Crippen molar-refractivity contribution in [3.05, 3.63) is 41.1 Å². The number of benzene rings is 1. The third-order valence-electron chi connectivity index (χ3n) is 6.51. The van der Waals surface area contributed by atoms with Crippen LogP contribution in [0.3, 0.4) is 0 Å². The third-order valence-corrected chi connectivity index (χ3v) is 7.23. The number of anilines is 1. The Hall–Kier alpha value is -2.85. The summed E-state index contributed by atoms with van der Waals surface area (Å²) in [6.45, 7) is 8.60. The molecule has 3 aliphatic rings. The van der Waals surface area contributed by atoms with Gasteiger partial charge in [-0.2, -0.15) is 4.98 Å². The molecule has 1 amide bonds. The van der Waals surface area contributed by atoms with Crippen LogP contribution < -0.4 is 10.1 Å². The molecule has 0 spiro atoms. The minimum absolute atomic E-state index is 0.0135. The Labute approximate surface area is 209 Å². The lowest BCUT2D eigenvalue weighted by Crippen LogP contribution is -2.42. The molecule has 3 heterocycles. The predicted octanol–water partition coefficient (Wildman–Crippen LogP) is 3.29. The van der Waals surface area contributed by atoms with E-state index < -0.39 is 0 Å². The van der Waals surface area contributed by atoms with Gasteiger partial charge in [-0.25, -0.2) is 4.68 Å². The first-order valence-electron chi connectivity index (χ1n) is 12.1. The summed E-state index contributed by atoms with van der Waals surface area (Å²) in [4.78, 5) is 32.2. The summed E-state index contributed by atoms with van der Waals surface area (Å²) in [6.07, 6.45) is 1.27. The van der Waals surface area contributed by atoms with E-state index >= 15 is 0 Å².